The quantitative estimate of drug-likeness (QED) is 0.738. The summed E-state index contributed by atoms with van der Waals surface area (Å²) in [6.07, 6.45) is 0. The molecule has 0 radical (unpaired) electrons. The number of sulfone groups is 1. The minimum absolute atomic E-state index is 0.0447. The first-order valence-corrected chi connectivity index (χ1v) is 5.23. The fourth-order valence-electron chi connectivity index (χ4n) is 0.845. The topological polar surface area (TPSA) is 60.2 Å². The van der Waals surface area contributed by atoms with E-state index in [0.717, 1.165) is 6.92 Å². The molecule has 1 aromatic rings. The Kier molecular flexibility index (Phi) is 2.56. The van der Waals surface area contributed by atoms with Crippen molar-refractivity contribution >= 4 is 15.5 Å². The highest BCUT2D eigenvalue weighted by Crippen LogP contribution is 2.17. The van der Waals surface area contributed by atoms with Gasteiger partial charge in [0.15, 0.2) is 0 Å². The molecule has 0 aliphatic carbocycles. The van der Waals surface area contributed by atoms with E-state index in [4.69, 9.17) is 5.73 Å². The average Bonchev–Trinajstić information content (AvgIpc) is 2.04. The van der Waals surface area contributed by atoms with Gasteiger partial charge >= 0.3 is 0 Å². The van der Waals surface area contributed by atoms with Crippen LogP contribution >= 0.6 is 0 Å². The molecule has 1 aromatic carbocycles. The predicted octanol–water partition coefficient (Wildman–Crippen LogP) is 1.36. The highest BCUT2D eigenvalue weighted by atomic mass is 32.2. The first-order valence-electron chi connectivity index (χ1n) is 3.68. The van der Waals surface area contributed by atoms with Gasteiger partial charge < -0.3 is 5.73 Å². The Hall–Kier alpha value is -1.10. The number of nitrogens with two attached hydrogens (primary N) is 1. The van der Waals surface area contributed by atoms with Crippen molar-refractivity contribution in [3.8, 4) is 0 Å². The van der Waals surface area contributed by atoms with Crippen molar-refractivity contribution < 1.29 is 12.8 Å². The number of alkyl halides is 1. The lowest BCUT2D eigenvalue weighted by molar-refractivity contribution is 0.443. The average molecular weight is 203 g/mol. The molecule has 0 fully saturated rings. The van der Waals surface area contributed by atoms with Crippen molar-refractivity contribution in [3.05, 3.63) is 24.3 Å². The largest absolute Gasteiger partial charge is 0.399 e. The summed E-state index contributed by atoms with van der Waals surface area (Å²) in [5.41, 5.74) is 3.91. The van der Waals surface area contributed by atoms with Crippen LogP contribution in [0.4, 0.5) is 10.1 Å². The third-order valence-electron chi connectivity index (χ3n) is 1.64. The molecule has 1 atom stereocenters. The maximum Gasteiger partial charge on any atom is 0.210 e. The normalized spacial score (nSPS) is 14.0. The molecule has 0 amide bonds. The van der Waals surface area contributed by atoms with Gasteiger partial charge in [-0.05, 0) is 31.2 Å². The summed E-state index contributed by atoms with van der Waals surface area (Å²) in [6.45, 7) is 0.992. The fraction of sp³-hybridized carbons (Fsp3) is 0.250. The van der Waals surface area contributed by atoms with Gasteiger partial charge in [-0.1, -0.05) is 0 Å². The van der Waals surface area contributed by atoms with Gasteiger partial charge in [0.1, 0.15) is 0 Å². The zero-order chi connectivity index (χ0) is 10.1. The summed E-state index contributed by atoms with van der Waals surface area (Å²) in [6, 6.07) is 5.44. The lowest BCUT2D eigenvalue weighted by Crippen LogP contribution is -2.12. The first kappa shape index (κ1) is 9.98. The van der Waals surface area contributed by atoms with E-state index < -0.39 is 15.3 Å². The molecule has 5 heteroatoms. The zero-order valence-corrected chi connectivity index (χ0v) is 7.88. The zero-order valence-electron chi connectivity index (χ0n) is 7.07. The highest BCUT2D eigenvalue weighted by molar-refractivity contribution is 7.91. The van der Waals surface area contributed by atoms with E-state index in [1.54, 1.807) is 0 Å². The summed E-state index contributed by atoms with van der Waals surface area (Å²) < 4.78 is 35.1. The van der Waals surface area contributed by atoms with Crippen LogP contribution in [-0.4, -0.2) is 13.9 Å². The number of halogens is 1. The van der Waals surface area contributed by atoms with E-state index in [2.05, 4.69) is 0 Å². The summed E-state index contributed by atoms with van der Waals surface area (Å²) >= 11 is 0. The van der Waals surface area contributed by atoms with E-state index in [0.29, 0.717) is 5.69 Å². The summed E-state index contributed by atoms with van der Waals surface area (Å²) in [7, 11) is -3.82. The fourth-order valence-corrected chi connectivity index (χ4v) is 1.74. The van der Waals surface area contributed by atoms with Crippen LogP contribution in [0.1, 0.15) is 6.92 Å². The first-order chi connectivity index (χ1) is 5.94. The van der Waals surface area contributed by atoms with Crippen molar-refractivity contribution in [2.75, 3.05) is 5.73 Å². The van der Waals surface area contributed by atoms with Crippen LogP contribution in [0.15, 0.2) is 29.2 Å². The standard InChI is InChI=1S/C8H10FNO2S/c1-6(9)13(11,12)8-4-2-7(10)3-5-8/h2-6H,10H2,1H3. The summed E-state index contributed by atoms with van der Waals surface area (Å²) in [5, 5.41) is 0. The minimum Gasteiger partial charge on any atom is -0.399 e. The lowest BCUT2D eigenvalue weighted by atomic mass is 10.3. The Morgan fingerprint density at radius 3 is 2.15 bits per heavy atom. The van der Waals surface area contributed by atoms with Gasteiger partial charge in [0.2, 0.25) is 15.3 Å². The van der Waals surface area contributed by atoms with Gasteiger partial charge in [-0.25, -0.2) is 12.8 Å². The third-order valence-corrected chi connectivity index (χ3v) is 3.42. The highest BCUT2D eigenvalue weighted by Gasteiger charge is 2.21. The molecule has 2 N–H and O–H groups in total. The van der Waals surface area contributed by atoms with Crippen LogP contribution in [0.2, 0.25) is 0 Å². The van der Waals surface area contributed by atoms with Gasteiger partial charge in [-0.3, -0.25) is 0 Å². The number of rotatable bonds is 2. The predicted molar refractivity (Wildman–Crippen MR) is 48.6 cm³/mol. The van der Waals surface area contributed by atoms with Crippen LogP contribution in [-0.2, 0) is 9.84 Å². The van der Waals surface area contributed by atoms with Gasteiger partial charge in [0.05, 0.1) is 4.90 Å². The maximum absolute atomic E-state index is 12.6. The van der Waals surface area contributed by atoms with Crippen LogP contribution < -0.4 is 5.73 Å². The maximum atomic E-state index is 12.6. The second-order valence-electron chi connectivity index (χ2n) is 2.66. The van der Waals surface area contributed by atoms with Gasteiger partial charge in [-0.15, -0.1) is 0 Å². The SMILES string of the molecule is CC(F)S(=O)(=O)c1ccc(N)cc1. The molecule has 0 aliphatic rings. The van der Waals surface area contributed by atoms with Crippen molar-refractivity contribution in [1.82, 2.24) is 0 Å². The molecule has 0 bridgehead atoms. The molecule has 1 unspecified atom stereocenters. The van der Waals surface area contributed by atoms with E-state index in [1.807, 2.05) is 0 Å². The van der Waals surface area contributed by atoms with Crippen LogP contribution in [0.25, 0.3) is 0 Å². The Bertz CT molecular complexity index is 383. The van der Waals surface area contributed by atoms with Crippen molar-refractivity contribution in [3.63, 3.8) is 0 Å². The van der Waals surface area contributed by atoms with Crippen molar-refractivity contribution in [1.29, 1.82) is 0 Å². The molecule has 72 valence electrons. The number of anilines is 1. The molecule has 0 aromatic heterocycles. The molecule has 1 rings (SSSR count). The Morgan fingerprint density at radius 2 is 1.77 bits per heavy atom. The molecule has 0 saturated carbocycles. The third kappa shape index (κ3) is 1.98. The van der Waals surface area contributed by atoms with Crippen LogP contribution in [0.3, 0.4) is 0 Å². The summed E-state index contributed by atoms with van der Waals surface area (Å²) in [5.74, 6) is 0. The molecule has 0 heterocycles. The molecule has 0 spiro atoms. The van der Waals surface area contributed by atoms with E-state index >= 15 is 0 Å². The molecular formula is C8H10FNO2S. The molecule has 0 aliphatic heterocycles. The number of hydrogen-bond donors (Lipinski definition) is 1. The lowest BCUT2D eigenvalue weighted by Gasteiger charge is -2.04. The van der Waals surface area contributed by atoms with Crippen LogP contribution in [0.5, 0.6) is 0 Å². The summed E-state index contributed by atoms with van der Waals surface area (Å²) in [4.78, 5) is -0.0447. The van der Waals surface area contributed by atoms with Gasteiger partial charge in [-0.2, -0.15) is 0 Å². The molecular weight excluding hydrogens is 193 g/mol. The second-order valence-corrected chi connectivity index (χ2v) is 4.87. The Morgan fingerprint density at radius 1 is 1.31 bits per heavy atom. The second kappa shape index (κ2) is 3.33. The minimum atomic E-state index is -3.82. The van der Waals surface area contributed by atoms with E-state index in [9.17, 15) is 12.8 Å². The van der Waals surface area contributed by atoms with E-state index in [-0.39, 0.29) is 4.90 Å². The number of benzene rings is 1. The molecule has 13 heavy (non-hydrogen) atoms. The number of hydrogen-bond acceptors (Lipinski definition) is 3. The van der Waals surface area contributed by atoms with Crippen molar-refractivity contribution in [2.45, 2.75) is 17.3 Å². The Balaban J connectivity index is 3.17. The monoisotopic (exact) mass is 203 g/mol. The van der Waals surface area contributed by atoms with Crippen molar-refractivity contribution in [2.24, 2.45) is 0 Å². The van der Waals surface area contributed by atoms with Crippen LogP contribution in [0, 0.1) is 0 Å². The molecule has 0 saturated heterocycles. The van der Waals surface area contributed by atoms with Gasteiger partial charge in [0, 0.05) is 5.69 Å². The number of nitrogen functional groups attached to an aromatic ring is 1. The molecule has 3 nitrogen and oxygen atoms in total. The Labute approximate surface area is 76.3 Å². The van der Waals surface area contributed by atoms with E-state index in [1.165, 1.54) is 24.3 Å². The smallest absolute Gasteiger partial charge is 0.210 e. The van der Waals surface area contributed by atoms with Gasteiger partial charge in [0.25, 0.3) is 0 Å².